The molecule has 0 saturated carbocycles. The maximum absolute atomic E-state index is 12.3. The maximum Gasteiger partial charge on any atom is 0.261 e. The summed E-state index contributed by atoms with van der Waals surface area (Å²) in [6, 6.07) is 12.3. The van der Waals surface area contributed by atoms with Crippen LogP contribution in [0.15, 0.2) is 51.8 Å². The van der Waals surface area contributed by atoms with Gasteiger partial charge >= 0.3 is 0 Å². The van der Waals surface area contributed by atoms with Crippen LogP contribution in [0, 0.1) is 6.92 Å². The van der Waals surface area contributed by atoms with E-state index in [0.29, 0.717) is 15.5 Å². The number of nitrogens with one attached hydrogen (secondary N) is 1. The van der Waals surface area contributed by atoms with Crippen LogP contribution in [0.3, 0.4) is 0 Å². The second-order valence-corrected chi connectivity index (χ2v) is 7.46. The molecule has 0 aromatic heterocycles. The summed E-state index contributed by atoms with van der Waals surface area (Å²) in [6.07, 6.45) is 0. The Balaban J connectivity index is 2.32. The highest BCUT2D eigenvalue weighted by Gasteiger charge is 2.15. The molecule has 0 unspecified atom stereocenters. The van der Waals surface area contributed by atoms with E-state index in [4.69, 9.17) is 0 Å². The molecule has 2 rings (SSSR count). The van der Waals surface area contributed by atoms with Crippen LogP contribution in [0.25, 0.3) is 0 Å². The minimum absolute atomic E-state index is 0.246. The molecule has 6 heteroatoms. The Morgan fingerprint density at radius 3 is 2.35 bits per heavy atom. The first kappa shape index (κ1) is 15.5. The van der Waals surface area contributed by atoms with Crippen LogP contribution >= 0.6 is 31.9 Å². The molecule has 0 spiro atoms. The van der Waals surface area contributed by atoms with Gasteiger partial charge in [-0.25, -0.2) is 8.42 Å². The van der Waals surface area contributed by atoms with E-state index in [1.807, 2.05) is 19.1 Å². The van der Waals surface area contributed by atoms with Crippen molar-refractivity contribution in [1.82, 2.24) is 0 Å². The minimum Gasteiger partial charge on any atom is -0.278 e. The summed E-state index contributed by atoms with van der Waals surface area (Å²) in [5.41, 5.74) is 2.55. The zero-order valence-electron chi connectivity index (χ0n) is 10.7. The molecule has 1 N–H and O–H groups in total. The van der Waals surface area contributed by atoms with Gasteiger partial charge in [0.05, 0.1) is 10.6 Å². The number of benzene rings is 2. The van der Waals surface area contributed by atoms with Gasteiger partial charge in [0, 0.05) is 9.80 Å². The molecule has 20 heavy (non-hydrogen) atoms. The lowest BCUT2D eigenvalue weighted by atomic mass is 10.2. The third-order valence-corrected chi connectivity index (χ3v) is 5.47. The number of hydrogen-bond donors (Lipinski definition) is 1. The first-order chi connectivity index (χ1) is 9.42. The lowest BCUT2D eigenvalue weighted by molar-refractivity contribution is 0.601. The Labute approximate surface area is 135 Å². The topological polar surface area (TPSA) is 46.2 Å². The van der Waals surface area contributed by atoms with Crippen molar-refractivity contribution in [1.29, 1.82) is 0 Å². The highest BCUT2D eigenvalue weighted by atomic mass is 79.9. The van der Waals surface area contributed by atoms with Crippen molar-refractivity contribution in [3.8, 4) is 0 Å². The Hall–Kier alpha value is -0.850. The lowest BCUT2D eigenvalue weighted by Crippen LogP contribution is -2.13. The lowest BCUT2D eigenvalue weighted by Gasteiger charge is -2.11. The first-order valence-electron chi connectivity index (χ1n) is 5.86. The van der Waals surface area contributed by atoms with Crippen LogP contribution in [-0.4, -0.2) is 8.42 Å². The maximum atomic E-state index is 12.3. The number of rotatable bonds is 4. The van der Waals surface area contributed by atoms with Crippen LogP contribution in [0.4, 0.5) is 5.69 Å². The molecule has 0 saturated heterocycles. The van der Waals surface area contributed by atoms with Gasteiger partial charge in [0.15, 0.2) is 0 Å². The van der Waals surface area contributed by atoms with Crippen molar-refractivity contribution in [2.24, 2.45) is 0 Å². The fourth-order valence-corrected chi connectivity index (χ4v) is 3.60. The molecule has 106 valence electrons. The smallest absolute Gasteiger partial charge is 0.261 e. The quantitative estimate of drug-likeness (QED) is 0.745. The van der Waals surface area contributed by atoms with Crippen LogP contribution in [0.1, 0.15) is 11.1 Å². The number of anilines is 1. The van der Waals surface area contributed by atoms with Crippen LogP contribution in [-0.2, 0) is 15.4 Å². The molecular weight excluding hydrogens is 406 g/mol. The second-order valence-electron chi connectivity index (χ2n) is 4.37. The number of sulfonamides is 1. The normalized spacial score (nSPS) is 11.3. The molecule has 3 nitrogen and oxygen atoms in total. The van der Waals surface area contributed by atoms with E-state index in [1.165, 1.54) is 0 Å². The SMILES string of the molecule is Cc1ccc(Br)c(NS(=O)(=O)c2ccc(CBr)cc2)c1. The standard InChI is InChI=1S/C14H13Br2NO2S/c1-10-2-7-13(16)14(8-10)17-20(18,19)12-5-3-11(9-15)4-6-12/h2-8,17H,9H2,1H3. The van der Waals surface area contributed by atoms with Crippen LogP contribution in [0.5, 0.6) is 0 Å². The van der Waals surface area contributed by atoms with Gasteiger partial charge in [-0.05, 0) is 58.2 Å². The largest absolute Gasteiger partial charge is 0.278 e. The van der Waals surface area contributed by atoms with Crippen LogP contribution in [0.2, 0.25) is 0 Å². The van der Waals surface area contributed by atoms with E-state index in [0.717, 1.165) is 11.1 Å². The molecular formula is C14H13Br2NO2S. The second kappa shape index (κ2) is 6.28. The number of aryl methyl sites for hydroxylation is 1. The van der Waals surface area contributed by atoms with Gasteiger partial charge in [-0.3, -0.25) is 4.72 Å². The van der Waals surface area contributed by atoms with E-state index in [2.05, 4.69) is 36.6 Å². The Morgan fingerprint density at radius 2 is 1.75 bits per heavy atom. The zero-order chi connectivity index (χ0) is 14.8. The summed E-state index contributed by atoms with van der Waals surface area (Å²) in [4.78, 5) is 0.246. The van der Waals surface area contributed by atoms with E-state index in [-0.39, 0.29) is 4.90 Å². The Kier molecular flexibility index (Phi) is 4.88. The molecule has 0 atom stereocenters. The molecule has 2 aromatic carbocycles. The van der Waals surface area contributed by atoms with Gasteiger partial charge in [0.2, 0.25) is 0 Å². The molecule has 0 aliphatic heterocycles. The highest BCUT2D eigenvalue weighted by Crippen LogP contribution is 2.26. The number of hydrogen-bond acceptors (Lipinski definition) is 2. The molecule has 0 aliphatic carbocycles. The van der Waals surface area contributed by atoms with Crippen molar-refractivity contribution in [3.05, 3.63) is 58.1 Å². The van der Waals surface area contributed by atoms with Gasteiger partial charge < -0.3 is 0 Å². The Morgan fingerprint density at radius 1 is 1.10 bits per heavy atom. The van der Waals surface area contributed by atoms with Crippen LogP contribution < -0.4 is 4.72 Å². The number of alkyl halides is 1. The minimum atomic E-state index is -3.57. The highest BCUT2D eigenvalue weighted by molar-refractivity contribution is 9.10. The fraction of sp³-hybridized carbons (Fsp3) is 0.143. The summed E-state index contributed by atoms with van der Waals surface area (Å²) >= 11 is 6.68. The van der Waals surface area contributed by atoms with E-state index in [9.17, 15) is 8.42 Å². The van der Waals surface area contributed by atoms with Gasteiger partial charge in [0.1, 0.15) is 0 Å². The van der Waals surface area contributed by atoms with Gasteiger partial charge in [0.25, 0.3) is 10.0 Å². The average molecular weight is 419 g/mol. The van der Waals surface area contributed by atoms with Crippen molar-refractivity contribution in [2.45, 2.75) is 17.1 Å². The first-order valence-corrected chi connectivity index (χ1v) is 9.26. The van der Waals surface area contributed by atoms with E-state index >= 15 is 0 Å². The van der Waals surface area contributed by atoms with Crippen molar-refractivity contribution in [2.75, 3.05) is 4.72 Å². The fourth-order valence-electron chi connectivity index (χ4n) is 1.68. The van der Waals surface area contributed by atoms with Crippen molar-refractivity contribution >= 4 is 47.6 Å². The zero-order valence-corrected chi connectivity index (χ0v) is 14.7. The van der Waals surface area contributed by atoms with Crippen molar-refractivity contribution in [3.63, 3.8) is 0 Å². The monoisotopic (exact) mass is 417 g/mol. The molecule has 2 aromatic rings. The van der Waals surface area contributed by atoms with Crippen molar-refractivity contribution < 1.29 is 8.42 Å². The third kappa shape index (κ3) is 3.62. The average Bonchev–Trinajstić information content (AvgIpc) is 2.43. The van der Waals surface area contributed by atoms with Gasteiger partial charge in [-0.1, -0.05) is 34.1 Å². The third-order valence-electron chi connectivity index (χ3n) is 2.75. The summed E-state index contributed by atoms with van der Waals surface area (Å²) in [7, 11) is -3.57. The van der Waals surface area contributed by atoms with E-state index in [1.54, 1.807) is 30.3 Å². The summed E-state index contributed by atoms with van der Waals surface area (Å²) in [6.45, 7) is 1.91. The van der Waals surface area contributed by atoms with Gasteiger partial charge in [-0.2, -0.15) is 0 Å². The molecule has 0 aliphatic rings. The summed E-state index contributed by atoms with van der Waals surface area (Å²) in [5, 5.41) is 0.699. The predicted molar refractivity (Wildman–Crippen MR) is 88.8 cm³/mol. The summed E-state index contributed by atoms with van der Waals surface area (Å²) in [5.74, 6) is 0. The van der Waals surface area contributed by atoms with E-state index < -0.39 is 10.0 Å². The predicted octanol–water partition coefficient (Wildman–Crippen LogP) is 4.45. The number of halogens is 2. The molecule has 0 bridgehead atoms. The Bertz CT molecular complexity index is 712. The molecule has 0 fully saturated rings. The molecule has 0 radical (unpaired) electrons. The molecule has 0 heterocycles. The van der Waals surface area contributed by atoms with Gasteiger partial charge in [-0.15, -0.1) is 0 Å². The summed E-state index contributed by atoms with van der Waals surface area (Å²) < 4.78 is 27.9. The molecule has 0 amide bonds.